The third-order valence-electron chi connectivity index (χ3n) is 3.95. The fourth-order valence-corrected chi connectivity index (χ4v) is 2.61. The summed E-state index contributed by atoms with van der Waals surface area (Å²) in [4.78, 5) is 23.7. The van der Waals surface area contributed by atoms with E-state index in [4.69, 9.17) is 9.47 Å². The van der Waals surface area contributed by atoms with E-state index in [9.17, 15) is 9.59 Å². The Kier molecular flexibility index (Phi) is 5.86. The molecule has 0 aliphatic heterocycles. The average Bonchev–Trinajstić information content (AvgIpc) is 2.73. The lowest BCUT2D eigenvalue weighted by molar-refractivity contribution is 0.0731. The minimum atomic E-state index is -0.677. The number of benzene rings is 3. The topological polar surface area (TPSA) is 86.2 Å². The summed E-state index contributed by atoms with van der Waals surface area (Å²) in [7, 11) is 2.71. The SMILES string of the molecule is COC(=O)N/N=C/c1ccc(OC(=O)c2cccc3ccccc23)c(OC)c1. The molecule has 0 atom stereocenters. The van der Waals surface area contributed by atoms with Crippen molar-refractivity contribution in [1.29, 1.82) is 0 Å². The van der Waals surface area contributed by atoms with Gasteiger partial charge in [0.1, 0.15) is 0 Å². The lowest BCUT2D eigenvalue weighted by atomic mass is 10.0. The van der Waals surface area contributed by atoms with E-state index in [-0.39, 0.29) is 5.75 Å². The second-order valence-electron chi connectivity index (χ2n) is 5.69. The maximum Gasteiger partial charge on any atom is 0.427 e. The van der Waals surface area contributed by atoms with E-state index in [0.717, 1.165) is 10.8 Å². The number of hydrazone groups is 1. The number of rotatable bonds is 5. The van der Waals surface area contributed by atoms with Gasteiger partial charge in [-0.05, 0) is 40.6 Å². The number of carbonyl (C=O) groups excluding carboxylic acids is 2. The number of hydrogen-bond donors (Lipinski definition) is 1. The second kappa shape index (κ2) is 8.68. The lowest BCUT2D eigenvalue weighted by Gasteiger charge is -2.11. The second-order valence-corrected chi connectivity index (χ2v) is 5.69. The molecule has 0 fully saturated rings. The van der Waals surface area contributed by atoms with E-state index >= 15 is 0 Å². The maximum absolute atomic E-state index is 12.7. The van der Waals surface area contributed by atoms with Crippen molar-refractivity contribution < 1.29 is 23.8 Å². The molecule has 3 aromatic carbocycles. The molecule has 7 heteroatoms. The number of carbonyl (C=O) groups is 2. The third kappa shape index (κ3) is 4.27. The number of ether oxygens (including phenoxy) is 3. The number of nitrogens with one attached hydrogen (secondary N) is 1. The molecular formula is C21H18N2O5. The van der Waals surface area contributed by atoms with Crippen LogP contribution in [0, 0.1) is 0 Å². The van der Waals surface area contributed by atoms with Gasteiger partial charge in [-0.15, -0.1) is 0 Å². The van der Waals surface area contributed by atoms with Crippen LogP contribution in [-0.2, 0) is 4.74 Å². The molecule has 0 saturated heterocycles. The van der Waals surface area contributed by atoms with Crippen LogP contribution in [0.4, 0.5) is 4.79 Å². The highest BCUT2D eigenvalue weighted by Gasteiger charge is 2.15. The van der Waals surface area contributed by atoms with Crippen LogP contribution in [0.1, 0.15) is 15.9 Å². The molecule has 1 N–H and O–H groups in total. The highest BCUT2D eigenvalue weighted by molar-refractivity contribution is 6.05. The Morgan fingerprint density at radius 1 is 0.964 bits per heavy atom. The van der Waals surface area contributed by atoms with E-state index < -0.39 is 12.1 Å². The van der Waals surface area contributed by atoms with Crippen LogP contribution in [0.25, 0.3) is 10.8 Å². The minimum Gasteiger partial charge on any atom is -0.493 e. The first-order valence-corrected chi connectivity index (χ1v) is 8.37. The zero-order chi connectivity index (χ0) is 19.9. The number of nitrogens with zero attached hydrogens (tertiary/aromatic N) is 1. The van der Waals surface area contributed by atoms with Crippen molar-refractivity contribution in [2.24, 2.45) is 5.10 Å². The van der Waals surface area contributed by atoms with Gasteiger partial charge in [0, 0.05) is 0 Å². The summed E-state index contributed by atoms with van der Waals surface area (Å²) < 4.78 is 15.3. The van der Waals surface area contributed by atoms with Gasteiger partial charge < -0.3 is 14.2 Å². The van der Waals surface area contributed by atoms with Crippen molar-refractivity contribution in [2.45, 2.75) is 0 Å². The van der Waals surface area contributed by atoms with Crippen LogP contribution >= 0.6 is 0 Å². The van der Waals surface area contributed by atoms with E-state index in [1.54, 1.807) is 24.3 Å². The van der Waals surface area contributed by atoms with Crippen LogP contribution in [-0.4, -0.2) is 32.5 Å². The molecule has 0 unspecified atom stereocenters. The monoisotopic (exact) mass is 378 g/mol. The van der Waals surface area contributed by atoms with Crippen molar-refractivity contribution >= 4 is 29.0 Å². The van der Waals surface area contributed by atoms with Gasteiger partial charge in [-0.1, -0.05) is 36.4 Å². The van der Waals surface area contributed by atoms with E-state index in [1.165, 1.54) is 20.4 Å². The Morgan fingerprint density at radius 2 is 1.75 bits per heavy atom. The largest absolute Gasteiger partial charge is 0.493 e. The van der Waals surface area contributed by atoms with Gasteiger partial charge in [0.05, 0.1) is 26.0 Å². The summed E-state index contributed by atoms with van der Waals surface area (Å²) in [5.74, 6) is 0.151. The minimum absolute atomic E-state index is 0.276. The predicted molar refractivity (Wildman–Crippen MR) is 105 cm³/mol. The van der Waals surface area contributed by atoms with Gasteiger partial charge in [0.2, 0.25) is 0 Å². The Balaban J connectivity index is 1.81. The molecule has 7 nitrogen and oxygen atoms in total. The fourth-order valence-electron chi connectivity index (χ4n) is 2.61. The first-order valence-electron chi connectivity index (χ1n) is 8.37. The summed E-state index contributed by atoms with van der Waals surface area (Å²) in [6.07, 6.45) is 0.735. The molecule has 3 rings (SSSR count). The number of fused-ring (bicyclic) bond motifs is 1. The molecule has 0 spiro atoms. The van der Waals surface area contributed by atoms with Crippen LogP contribution in [0.5, 0.6) is 11.5 Å². The van der Waals surface area contributed by atoms with Crippen LogP contribution in [0.3, 0.4) is 0 Å². The average molecular weight is 378 g/mol. The zero-order valence-electron chi connectivity index (χ0n) is 15.3. The number of methoxy groups -OCH3 is 2. The van der Waals surface area contributed by atoms with Gasteiger partial charge in [0.15, 0.2) is 11.5 Å². The Morgan fingerprint density at radius 3 is 2.54 bits per heavy atom. The molecule has 3 aromatic rings. The molecule has 0 aliphatic carbocycles. The fraction of sp³-hybridized carbons (Fsp3) is 0.0952. The van der Waals surface area contributed by atoms with E-state index in [0.29, 0.717) is 16.9 Å². The third-order valence-corrected chi connectivity index (χ3v) is 3.95. The van der Waals surface area contributed by atoms with E-state index in [1.807, 2.05) is 36.4 Å². The van der Waals surface area contributed by atoms with Gasteiger partial charge in [-0.25, -0.2) is 15.0 Å². The molecule has 142 valence electrons. The Labute approximate surface area is 161 Å². The number of esters is 1. The lowest BCUT2D eigenvalue weighted by Crippen LogP contribution is -2.16. The quantitative estimate of drug-likeness (QED) is 0.316. The van der Waals surface area contributed by atoms with E-state index in [2.05, 4.69) is 15.3 Å². The molecule has 0 aliphatic rings. The van der Waals surface area contributed by atoms with Gasteiger partial charge in [-0.3, -0.25) is 0 Å². The van der Waals surface area contributed by atoms with Crippen molar-refractivity contribution in [3.63, 3.8) is 0 Å². The zero-order valence-corrected chi connectivity index (χ0v) is 15.3. The summed E-state index contributed by atoms with van der Waals surface area (Å²) in [6, 6.07) is 18.0. The number of hydrogen-bond acceptors (Lipinski definition) is 6. The predicted octanol–water partition coefficient (Wildman–Crippen LogP) is 3.76. The molecular weight excluding hydrogens is 360 g/mol. The van der Waals surface area contributed by atoms with Gasteiger partial charge in [0.25, 0.3) is 0 Å². The van der Waals surface area contributed by atoms with Crippen molar-refractivity contribution in [1.82, 2.24) is 5.43 Å². The molecule has 0 radical (unpaired) electrons. The molecule has 0 aromatic heterocycles. The van der Waals surface area contributed by atoms with Gasteiger partial charge >= 0.3 is 12.1 Å². The van der Waals surface area contributed by atoms with Crippen molar-refractivity contribution in [2.75, 3.05) is 14.2 Å². The Hall–Kier alpha value is -3.87. The summed E-state index contributed by atoms with van der Waals surface area (Å²) in [5.41, 5.74) is 3.29. The smallest absolute Gasteiger partial charge is 0.427 e. The maximum atomic E-state index is 12.7. The molecule has 0 saturated carbocycles. The molecule has 28 heavy (non-hydrogen) atoms. The van der Waals surface area contributed by atoms with Crippen LogP contribution < -0.4 is 14.9 Å². The summed E-state index contributed by atoms with van der Waals surface area (Å²) >= 11 is 0. The van der Waals surface area contributed by atoms with Crippen molar-refractivity contribution in [3.05, 3.63) is 71.8 Å². The van der Waals surface area contributed by atoms with Crippen molar-refractivity contribution in [3.8, 4) is 11.5 Å². The summed E-state index contributed by atoms with van der Waals surface area (Å²) in [5, 5.41) is 5.51. The highest BCUT2D eigenvalue weighted by atomic mass is 16.6. The normalized spacial score (nSPS) is 10.6. The Bertz CT molecular complexity index is 1040. The molecule has 0 bridgehead atoms. The first kappa shape index (κ1) is 18.9. The number of amides is 1. The molecule has 1 amide bonds. The molecule has 0 heterocycles. The first-order chi connectivity index (χ1) is 13.6. The highest BCUT2D eigenvalue weighted by Crippen LogP contribution is 2.29. The van der Waals surface area contributed by atoms with Crippen LogP contribution in [0.15, 0.2) is 65.8 Å². The van der Waals surface area contributed by atoms with Crippen LogP contribution in [0.2, 0.25) is 0 Å². The summed E-state index contributed by atoms with van der Waals surface area (Å²) in [6.45, 7) is 0. The standard InChI is InChI=1S/C21H18N2O5/c1-26-19-12-14(13-22-23-21(25)27-2)10-11-18(19)28-20(24)17-9-5-7-15-6-3-4-8-16(15)17/h3-13H,1-2H3,(H,23,25)/b22-13+. The van der Waals surface area contributed by atoms with Gasteiger partial charge in [-0.2, -0.15) is 5.10 Å².